The Balaban J connectivity index is 1.82. The minimum absolute atomic E-state index is 0.302. The molecule has 0 heterocycles. The molecule has 0 fully saturated rings. The van der Waals surface area contributed by atoms with E-state index in [0.29, 0.717) is 23.8 Å². The Morgan fingerprint density at radius 3 is 2.30 bits per heavy atom. The molecule has 2 aromatic rings. The molecule has 2 aromatic carbocycles. The molecular formula is C20H24ClN3O3. The first-order valence-corrected chi connectivity index (χ1v) is 8.94. The zero-order chi connectivity index (χ0) is 19.9. The minimum atomic E-state index is -0.546. The SMILES string of the molecule is CC(C)(C)OC(=O)NCc1cccc(NC(=O)NCc2ccc(Cl)cc2)c1. The fraction of sp³-hybridized carbons (Fsp3) is 0.300. The van der Waals surface area contributed by atoms with Crippen LogP contribution < -0.4 is 16.0 Å². The normalized spacial score (nSPS) is 10.8. The Morgan fingerprint density at radius 1 is 0.963 bits per heavy atom. The van der Waals surface area contributed by atoms with Gasteiger partial charge in [0.1, 0.15) is 5.60 Å². The number of urea groups is 1. The van der Waals surface area contributed by atoms with E-state index in [1.54, 1.807) is 51.1 Å². The molecule has 2 rings (SSSR count). The molecule has 0 spiro atoms. The van der Waals surface area contributed by atoms with E-state index in [-0.39, 0.29) is 6.03 Å². The maximum Gasteiger partial charge on any atom is 0.407 e. The molecule has 0 aliphatic carbocycles. The van der Waals surface area contributed by atoms with Crippen molar-refractivity contribution in [1.29, 1.82) is 0 Å². The molecule has 6 nitrogen and oxygen atoms in total. The molecule has 3 N–H and O–H groups in total. The molecule has 0 aliphatic heterocycles. The van der Waals surface area contributed by atoms with E-state index in [9.17, 15) is 9.59 Å². The van der Waals surface area contributed by atoms with E-state index >= 15 is 0 Å². The van der Waals surface area contributed by atoms with Crippen molar-refractivity contribution >= 4 is 29.4 Å². The van der Waals surface area contributed by atoms with Crippen LogP contribution in [0.3, 0.4) is 0 Å². The molecule has 0 saturated heterocycles. The Bertz CT molecular complexity index is 786. The van der Waals surface area contributed by atoms with Gasteiger partial charge in [-0.05, 0) is 56.2 Å². The van der Waals surface area contributed by atoms with Crippen LogP contribution in [-0.4, -0.2) is 17.7 Å². The molecule has 27 heavy (non-hydrogen) atoms. The highest BCUT2D eigenvalue weighted by atomic mass is 35.5. The number of nitrogens with one attached hydrogen (secondary N) is 3. The highest BCUT2D eigenvalue weighted by Crippen LogP contribution is 2.12. The third kappa shape index (κ3) is 8.00. The number of benzene rings is 2. The van der Waals surface area contributed by atoms with Gasteiger partial charge >= 0.3 is 12.1 Å². The summed E-state index contributed by atoms with van der Waals surface area (Å²) in [7, 11) is 0. The zero-order valence-electron chi connectivity index (χ0n) is 15.6. The topological polar surface area (TPSA) is 79.5 Å². The van der Waals surface area contributed by atoms with Crippen LogP contribution in [0.1, 0.15) is 31.9 Å². The number of hydrogen-bond acceptors (Lipinski definition) is 3. The van der Waals surface area contributed by atoms with Gasteiger partial charge in [-0.3, -0.25) is 0 Å². The van der Waals surface area contributed by atoms with Gasteiger partial charge in [0, 0.05) is 23.8 Å². The number of amides is 3. The van der Waals surface area contributed by atoms with E-state index in [4.69, 9.17) is 16.3 Å². The summed E-state index contributed by atoms with van der Waals surface area (Å²) in [5.41, 5.74) is 1.88. The summed E-state index contributed by atoms with van der Waals surface area (Å²) < 4.78 is 5.20. The minimum Gasteiger partial charge on any atom is -0.444 e. The van der Waals surface area contributed by atoms with Gasteiger partial charge in [-0.2, -0.15) is 0 Å². The number of carbonyl (C=O) groups is 2. The molecular weight excluding hydrogens is 366 g/mol. The van der Waals surface area contributed by atoms with Gasteiger partial charge in [0.25, 0.3) is 0 Å². The number of alkyl carbamates (subject to hydrolysis) is 1. The molecule has 0 aliphatic rings. The summed E-state index contributed by atoms with van der Waals surface area (Å²) in [5, 5.41) is 8.89. The molecule has 7 heteroatoms. The average molecular weight is 390 g/mol. The highest BCUT2D eigenvalue weighted by Gasteiger charge is 2.15. The van der Waals surface area contributed by atoms with Crippen LogP contribution in [0.15, 0.2) is 48.5 Å². The predicted octanol–water partition coefficient (Wildman–Crippen LogP) is 4.69. The Morgan fingerprint density at radius 2 is 1.63 bits per heavy atom. The van der Waals surface area contributed by atoms with Crippen molar-refractivity contribution in [3.05, 3.63) is 64.7 Å². The lowest BCUT2D eigenvalue weighted by Gasteiger charge is -2.19. The Labute approximate surface area is 164 Å². The lowest BCUT2D eigenvalue weighted by molar-refractivity contribution is 0.0523. The number of anilines is 1. The quantitative estimate of drug-likeness (QED) is 0.694. The maximum atomic E-state index is 12.0. The van der Waals surface area contributed by atoms with Crippen molar-refractivity contribution in [2.75, 3.05) is 5.32 Å². The average Bonchev–Trinajstić information content (AvgIpc) is 2.58. The van der Waals surface area contributed by atoms with Crippen LogP contribution in [0.4, 0.5) is 15.3 Å². The first kappa shape index (κ1) is 20.6. The predicted molar refractivity (Wildman–Crippen MR) is 107 cm³/mol. The van der Waals surface area contributed by atoms with Crippen LogP contribution in [-0.2, 0) is 17.8 Å². The van der Waals surface area contributed by atoms with Gasteiger partial charge in [-0.1, -0.05) is 35.9 Å². The number of hydrogen-bond donors (Lipinski definition) is 3. The number of halogens is 1. The molecule has 0 atom stereocenters. The second kappa shape index (κ2) is 9.28. The lowest BCUT2D eigenvalue weighted by atomic mass is 10.2. The van der Waals surface area contributed by atoms with Gasteiger partial charge in [-0.15, -0.1) is 0 Å². The molecule has 0 unspecified atom stereocenters. The van der Waals surface area contributed by atoms with E-state index < -0.39 is 11.7 Å². The van der Waals surface area contributed by atoms with Crippen LogP contribution in [0.5, 0.6) is 0 Å². The summed E-state index contributed by atoms with van der Waals surface area (Å²) in [4.78, 5) is 23.8. The molecule has 0 saturated carbocycles. The summed E-state index contributed by atoms with van der Waals surface area (Å²) in [6, 6.07) is 14.2. The van der Waals surface area contributed by atoms with E-state index in [1.165, 1.54) is 0 Å². The first-order chi connectivity index (χ1) is 12.7. The van der Waals surface area contributed by atoms with Gasteiger partial charge in [0.15, 0.2) is 0 Å². The summed E-state index contributed by atoms with van der Waals surface area (Å²) in [6.45, 7) is 6.11. The van der Waals surface area contributed by atoms with Crippen molar-refractivity contribution in [2.24, 2.45) is 0 Å². The van der Waals surface area contributed by atoms with Gasteiger partial charge < -0.3 is 20.7 Å². The summed E-state index contributed by atoms with van der Waals surface area (Å²) in [5.74, 6) is 0. The smallest absolute Gasteiger partial charge is 0.407 e. The second-order valence-corrected chi connectivity index (χ2v) is 7.43. The van der Waals surface area contributed by atoms with Gasteiger partial charge in [0.2, 0.25) is 0 Å². The number of carbonyl (C=O) groups excluding carboxylic acids is 2. The number of ether oxygens (including phenoxy) is 1. The van der Waals surface area contributed by atoms with Crippen LogP contribution >= 0.6 is 11.6 Å². The fourth-order valence-corrected chi connectivity index (χ4v) is 2.33. The molecule has 0 aromatic heterocycles. The van der Waals surface area contributed by atoms with Crippen LogP contribution in [0.25, 0.3) is 0 Å². The van der Waals surface area contributed by atoms with Crippen molar-refractivity contribution in [3.63, 3.8) is 0 Å². The number of rotatable bonds is 5. The third-order valence-corrected chi connectivity index (χ3v) is 3.64. The largest absolute Gasteiger partial charge is 0.444 e. The van der Waals surface area contributed by atoms with Crippen molar-refractivity contribution in [1.82, 2.24) is 10.6 Å². The van der Waals surface area contributed by atoms with Gasteiger partial charge in [-0.25, -0.2) is 9.59 Å². The second-order valence-electron chi connectivity index (χ2n) is 6.99. The molecule has 144 valence electrons. The maximum absolute atomic E-state index is 12.0. The van der Waals surface area contributed by atoms with E-state index in [2.05, 4.69) is 16.0 Å². The van der Waals surface area contributed by atoms with E-state index in [0.717, 1.165) is 11.1 Å². The molecule has 3 amide bonds. The van der Waals surface area contributed by atoms with Gasteiger partial charge in [0.05, 0.1) is 0 Å². The zero-order valence-corrected chi connectivity index (χ0v) is 16.4. The fourth-order valence-electron chi connectivity index (χ4n) is 2.21. The summed E-state index contributed by atoms with van der Waals surface area (Å²) >= 11 is 5.84. The Kier molecular flexibility index (Phi) is 7.07. The van der Waals surface area contributed by atoms with E-state index in [1.807, 2.05) is 18.2 Å². The standard InChI is InChI=1S/C20H24ClN3O3/c1-20(2,3)27-19(26)23-13-15-5-4-6-17(11-15)24-18(25)22-12-14-7-9-16(21)10-8-14/h4-11H,12-13H2,1-3H3,(H,23,26)(H2,22,24,25). The van der Waals surface area contributed by atoms with Crippen LogP contribution in [0, 0.1) is 0 Å². The molecule has 0 bridgehead atoms. The Hall–Kier alpha value is -2.73. The third-order valence-electron chi connectivity index (χ3n) is 3.39. The van der Waals surface area contributed by atoms with Crippen molar-refractivity contribution in [3.8, 4) is 0 Å². The van der Waals surface area contributed by atoms with Crippen molar-refractivity contribution in [2.45, 2.75) is 39.5 Å². The van der Waals surface area contributed by atoms with Crippen LogP contribution in [0.2, 0.25) is 5.02 Å². The molecule has 0 radical (unpaired) electrons. The lowest BCUT2D eigenvalue weighted by Crippen LogP contribution is -2.32. The monoisotopic (exact) mass is 389 g/mol. The summed E-state index contributed by atoms with van der Waals surface area (Å²) in [6.07, 6.45) is -0.485. The van der Waals surface area contributed by atoms with Crippen molar-refractivity contribution < 1.29 is 14.3 Å². The highest BCUT2D eigenvalue weighted by molar-refractivity contribution is 6.30. The first-order valence-electron chi connectivity index (χ1n) is 8.56.